The van der Waals surface area contributed by atoms with E-state index in [1.807, 2.05) is 0 Å². The second kappa shape index (κ2) is 15.5. The van der Waals surface area contributed by atoms with E-state index in [0.29, 0.717) is 24.3 Å². The van der Waals surface area contributed by atoms with Gasteiger partial charge in [0.2, 0.25) is 0 Å². The van der Waals surface area contributed by atoms with Crippen LogP contribution in [0, 0.1) is 10.4 Å². The quantitative estimate of drug-likeness (QED) is 0.0722. The van der Waals surface area contributed by atoms with Crippen molar-refractivity contribution in [2.24, 2.45) is 0 Å². The molecule has 0 unspecified atom stereocenters. The number of sulfone groups is 1. The average Bonchev–Trinajstić information content (AvgIpc) is 3.14. The van der Waals surface area contributed by atoms with Gasteiger partial charge in [0.05, 0.1) is 47.9 Å². The fourth-order valence-electron chi connectivity index (χ4n) is 6.55. The summed E-state index contributed by atoms with van der Waals surface area (Å²) >= 11 is 0. The van der Waals surface area contributed by atoms with Gasteiger partial charge >= 0.3 is 5.97 Å². The van der Waals surface area contributed by atoms with Gasteiger partial charge < -0.3 is 15.5 Å². The largest absolute Gasteiger partial charge is 0.506 e. The van der Waals surface area contributed by atoms with Gasteiger partial charge in [0.15, 0.2) is 15.3 Å². The van der Waals surface area contributed by atoms with Crippen molar-refractivity contribution in [3.05, 3.63) is 102 Å². The molecule has 0 saturated carbocycles. The summed E-state index contributed by atoms with van der Waals surface area (Å²) in [4.78, 5) is 35.3. The summed E-state index contributed by atoms with van der Waals surface area (Å²) < 4.78 is 202. The number of aliphatic hydroxyl groups excluding tert-OH is 1. The highest BCUT2D eigenvalue weighted by Crippen LogP contribution is 2.37. The molecule has 0 bridgehead atoms. The molecule has 1 aliphatic heterocycles. The Hall–Kier alpha value is -5.80. The van der Waals surface area contributed by atoms with Crippen LogP contribution < -0.4 is 21.5 Å². The predicted molar refractivity (Wildman–Crippen MR) is 213 cm³/mol. The van der Waals surface area contributed by atoms with Crippen molar-refractivity contribution in [2.45, 2.75) is 42.2 Å². The summed E-state index contributed by atoms with van der Waals surface area (Å²) in [6, 6.07) is 5.90. The minimum atomic E-state index is -5.78. The number of anilines is 2. The zero-order valence-corrected chi connectivity index (χ0v) is 35.4. The summed E-state index contributed by atoms with van der Waals surface area (Å²) in [5.74, 6) is -3.87. The first-order valence-corrected chi connectivity index (χ1v) is 25.4. The van der Waals surface area contributed by atoms with E-state index in [2.05, 4.69) is 10.3 Å². The number of hydrogen-bond donors (Lipinski definition) is 8. The highest BCUT2D eigenvalue weighted by Gasteiger charge is 2.32. The first kappa shape index (κ1) is 46.7. The lowest BCUT2D eigenvalue weighted by molar-refractivity contribution is -0.137. The maximum Gasteiger partial charge on any atom is 0.303 e. The zero-order chi connectivity index (χ0) is 47.2. The van der Waals surface area contributed by atoms with Crippen molar-refractivity contribution in [2.75, 3.05) is 11.1 Å². The molecule has 63 heavy (non-hydrogen) atoms. The van der Waals surface area contributed by atoms with Gasteiger partial charge in [-0.15, -0.1) is 0 Å². The third-order valence-electron chi connectivity index (χ3n) is 9.15. The van der Waals surface area contributed by atoms with Crippen LogP contribution >= 0.6 is 0 Å². The number of benzene rings is 4. The Bertz CT molecular complexity index is 3970. The Morgan fingerprint density at radius 3 is 1.71 bits per heavy atom. The fraction of sp³-hybridized carbons (Fsp3) is 0.0909. The Labute approximate surface area is 352 Å². The van der Waals surface area contributed by atoms with Crippen LogP contribution in [0.2, 0.25) is 0 Å². The number of rotatable bonds is 13. The summed E-state index contributed by atoms with van der Waals surface area (Å²) in [5.41, 5.74) is -6.92. The van der Waals surface area contributed by atoms with Crippen molar-refractivity contribution in [1.29, 1.82) is 0 Å². The van der Waals surface area contributed by atoms with Gasteiger partial charge in [-0.3, -0.25) is 37.1 Å². The van der Waals surface area contributed by atoms with Gasteiger partial charge in [-0.25, -0.2) is 13.4 Å². The molecule has 0 radical (unpaired) electrons. The minimum Gasteiger partial charge on any atom is -0.506 e. The van der Waals surface area contributed by atoms with E-state index in [9.17, 15) is 92.8 Å². The van der Waals surface area contributed by atoms with Crippen LogP contribution in [0.15, 0.2) is 99.6 Å². The standard InChI is InChI=1S/C33H24N2O22S6/c36-25(37)5-2-8-58(41,42)22-11-19(21(61(49,50)51)13-23(22)62(52,53)54)34-20-12-24(63(55,56)57)30-28-26(17-7-6-16(60(46,47)48)10-18(17)32(39)27(20)28)29(33(40)35-30)31(38)14-3-1-4-15(9-14)59(43,44)45/h1,3-4,6-7,9-13,34,38H,2,5,8H2,(H,36,37)(H,43,44,45)(H,46,47,48)(H,49,50,51)(H,52,53,54)(H,55,56,57). The van der Waals surface area contributed by atoms with Crippen molar-refractivity contribution >= 4 is 105 Å². The second-order valence-electron chi connectivity index (χ2n) is 13.2. The number of aliphatic hydroxyl groups is 1. The van der Waals surface area contributed by atoms with Gasteiger partial charge in [0, 0.05) is 27.8 Å². The van der Waals surface area contributed by atoms with Crippen LogP contribution in [0.4, 0.5) is 11.4 Å². The van der Waals surface area contributed by atoms with Gasteiger partial charge in [-0.2, -0.15) is 42.1 Å². The molecule has 24 nitrogen and oxygen atoms in total. The van der Waals surface area contributed by atoms with Gasteiger partial charge in [-0.05, 0) is 54.3 Å². The van der Waals surface area contributed by atoms with Crippen molar-refractivity contribution in [3.63, 3.8) is 0 Å². The smallest absolute Gasteiger partial charge is 0.303 e. The molecule has 6 rings (SSSR count). The maximum absolute atomic E-state index is 14.6. The molecule has 4 aromatic rings. The van der Waals surface area contributed by atoms with E-state index < -0.39 is 185 Å². The average molecular weight is 993 g/mol. The molecule has 8 N–H and O–H groups in total. The molecule has 2 aliphatic rings. The van der Waals surface area contributed by atoms with Crippen LogP contribution in [0.3, 0.4) is 0 Å². The lowest BCUT2D eigenvalue weighted by Crippen LogP contribution is -2.33. The molecule has 334 valence electrons. The number of aromatic nitrogens is 1. The number of nitrogens with zero attached hydrogens (tertiary/aromatic N) is 1. The number of hydrogen-bond acceptors (Lipinski definition) is 18. The van der Waals surface area contributed by atoms with E-state index in [1.54, 1.807) is 0 Å². The van der Waals surface area contributed by atoms with E-state index in [4.69, 9.17) is 5.11 Å². The Morgan fingerprint density at radius 2 is 1.16 bits per heavy atom. The normalized spacial score (nSPS) is 13.7. The molecule has 0 aromatic heterocycles. The molecule has 0 spiro atoms. The third kappa shape index (κ3) is 8.90. The minimum absolute atomic E-state index is 0.0780. The Kier molecular flexibility index (Phi) is 11.5. The molecule has 0 atom stereocenters. The lowest BCUT2D eigenvalue weighted by Gasteiger charge is -2.18. The highest BCUT2D eigenvalue weighted by molar-refractivity contribution is 7.93. The maximum atomic E-state index is 14.6. The van der Waals surface area contributed by atoms with Gasteiger partial charge in [0.1, 0.15) is 20.4 Å². The number of aliphatic carboxylic acids is 1. The van der Waals surface area contributed by atoms with Crippen LogP contribution in [-0.4, -0.2) is 100 Å². The van der Waals surface area contributed by atoms with Crippen LogP contribution in [0.25, 0.3) is 27.4 Å². The highest BCUT2D eigenvalue weighted by atomic mass is 32.2. The summed E-state index contributed by atoms with van der Waals surface area (Å²) in [6.45, 7) is 0. The number of fused-ring (bicyclic) bond motifs is 2. The molecule has 4 aromatic carbocycles. The first-order valence-electron chi connectivity index (χ1n) is 16.6. The number of carboxylic acids is 1. The topological polar surface area (TPSA) is 423 Å². The number of nitrogens with one attached hydrogen (secondary N) is 1. The molecule has 0 amide bonds. The van der Waals surface area contributed by atoms with Crippen molar-refractivity contribution in [1.82, 2.24) is 4.98 Å². The van der Waals surface area contributed by atoms with Gasteiger partial charge in [-0.1, -0.05) is 18.2 Å². The molecule has 0 fully saturated rings. The summed E-state index contributed by atoms with van der Waals surface area (Å²) in [7, 11) is -32.5. The Morgan fingerprint density at radius 1 is 0.587 bits per heavy atom. The van der Waals surface area contributed by atoms with E-state index in [1.165, 1.54) is 0 Å². The van der Waals surface area contributed by atoms with E-state index >= 15 is 0 Å². The second-order valence-corrected chi connectivity index (χ2v) is 22.3. The van der Waals surface area contributed by atoms with Crippen LogP contribution in [0.1, 0.15) is 18.4 Å². The molecule has 1 aliphatic carbocycles. The SMILES string of the molecule is O=C(O)CCCS(=O)(=O)c1cc(Nc2cc(S(=O)(=O)O)c3nc(=O)c(=C(O)c4cccc(S(=O)(=O)O)c4)c4c5ccc(S(=O)(=O)O)cc5c(=O)c2c3=4)c(S(=O)(=O)O)cc1S(=O)(=O)O. The summed E-state index contributed by atoms with van der Waals surface area (Å²) in [5, 5.41) is 17.8. The van der Waals surface area contributed by atoms with Crippen molar-refractivity contribution in [3.8, 4) is 0 Å². The first-order chi connectivity index (χ1) is 28.7. The molecule has 0 saturated heterocycles. The van der Waals surface area contributed by atoms with Crippen LogP contribution in [-0.2, 0) is 65.2 Å². The number of carboxylic acid groups (broad SMARTS) is 1. The monoisotopic (exact) mass is 992 g/mol. The Balaban J connectivity index is 1.91. The third-order valence-corrected chi connectivity index (χ3v) is 15.5. The molecular formula is C33H24N2O22S6. The summed E-state index contributed by atoms with van der Waals surface area (Å²) in [6.07, 6.45) is -1.50. The zero-order valence-electron chi connectivity index (χ0n) is 30.5. The molecule has 1 heterocycles. The van der Waals surface area contributed by atoms with Gasteiger partial charge in [0.25, 0.3) is 56.1 Å². The van der Waals surface area contributed by atoms with Crippen LogP contribution in [0.5, 0.6) is 0 Å². The number of carbonyl (C=O) groups is 1. The molecule has 30 heteroatoms. The predicted octanol–water partition coefficient (Wildman–Crippen LogP) is 0.320. The van der Waals surface area contributed by atoms with E-state index in [-0.39, 0.29) is 12.1 Å². The van der Waals surface area contributed by atoms with E-state index in [0.717, 1.165) is 24.3 Å². The molecular weight excluding hydrogens is 969 g/mol. The fourth-order valence-corrected chi connectivity index (χ4v) is 11.7. The van der Waals surface area contributed by atoms with Crippen molar-refractivity contribution < 1.29 is 88.3 Å². The lowest BCUT2D eigenvalue weighted by atomic mass is 9.96.